The molecule has 0 atom stereocenters. The zero-order chi connectivity index (χ0) is 12.4. The summed E-state index contributed by atoms with van der Waals surface area (Å²) >= 11 is 5.98. The van der Waals surface area contributed by atoms with Gasteiger partial charge in [0, 0.05) is 41.1 Å². The maximum Gasteiger partial charge on any atom is 0.0481 e. The number of hydrogen-bond acceptors (Lipinski definition) is 1. The predicted octanol–water partition coefficient (Wildman–Crippen LogP) is 3.93. The monoisotopic (exact) mass is 256 g/mol. The van der Waals surface area contributed by atoms with Crippen LogP contribution in [0.5, 0.6) is 0 Å². The molecule has 18 heavy (non-hydrogen) atoms. The number of pyridine rings is 1. The molecular weight excluding hydrogens is 244 g/mol. The van der Waals surface area contributed by atoms with E-state index >= 15 is 0 Å². The second-order valence-corrected chi connectivity index (χ2v) is 4.76. The SMILES string of the molecule is Clc1ccc2c(ccn2CCc2cccnc2)c1. The third kappa shape index (κ3) is 2.24. The summed E-state index contributed by atoms with van der Waals surface area (Å²) in [6.45, 7) is 0.955. The molecule has 1 aromatic carbocycles. The lowest BCUT2D eigenvalue weighted by Crippen LogP contribution is -1.99. The van der Waals surface area contributed by atoms with Gasteiger partial charge in [0.25, 0.3) is 0 Å². The van der Waals surface area contributed by atoms with Crippen molar-refractivity contribution in [1.29, 1.82) is 0 Å². The van der Waals surface area contributed by atoms with Crippen LogP contribution in [0.1, 0.15) is 5.56 Å². The average molecular weight is 257 g/mol. The van der Waals surface area contributed by atoms with Crippen LogP contribution in [-0.2, 0) is 13.0 Å². The van der Waals surface area contributed by atoms with Gasteiger partial charge in [0.15, 0.2) is 0 Å². The summed E-state index contributed by atoms with van der Waals surface area (Å²) in [4.78, 5) is 4.13. The molecule has 90 valence electrons. The number of benzene rings is 1. The number of halogens is 1. The van der Waals surface area contributed by atoms with Crippen LogP contribution in [0.4, 0.5) is 0 Å². The number of fused-ring (bicyclic) bond motifs is 1. The molecule has 3 aromatic rings. The third-order valence-corrected chi connectivity index (χ3v) is 3.33. The summed E-state index contributed by atoms with van der Waals surface area (Å²) in [7, 11) is 0. The van der Waals surface area contributed by atoms with Crippen molar-refractivity contribution in [2.45, 2.75) is 13.0 Å². The third-order valence-electron chi connectivity index (χ3n) is 3.10. The first-order chi connectivity index (χ1) is 8.83. The van der Waals surface area contributed by atoms with Gasteiger partial charge in [0.1, 0.15) is 0 Å². The van der Waals surface area contributed by atoms with Crippen molar-refractivity contribution in [3.63, 3.8) is 0 Å². The highest BCUT2D eigenvalue weighted by atomic mass is 35.5. The highest BCUT2D eigenvalue weighted by Gasteiger charge is 2.01. The number of rotatable bonds is 3. The Morgan fingerprint density at radius 2 is 2.11 bits per heavy atom. The molecule has 0 aliphatic carbocycles. The van der Waals surface area contributed by atoms with E-state index in [1.165, 1.54) is 16.5 Å². The molecule has 3 heteroatoms. The Kier molecular flexibility index (Phi) is 3.03. The van der Waals surface area contributed by atoms with Crippen LogP contribution in [0.25, 0.3) is 10.9 Å². The van der Waals surface area contributed by atoms with Crippen molar-refractivity contribution < 1.29 is 0 Å². The summed E-state index contributed by atoms with van der Waals surface area (Å²) in [6, 6.07) is 12.2. The zero-order valence-electron chi connectivity index (χ0n) is 9.88. The topological polar surface area (TPSA) is 17.8 Å². The molecule has 3 rings (SSSR count). The minimum atomic E-state index is 0.785. The van der Waals surface area contributed by atoms with Crippen molar-refractivity contribution in [2.24, 2.45) is 0 Å². The second kappa shape index (κ2) is 4.83. The van der Waals surface area contributed by atoms with Gasteiger partial charge in [-0.2, -0.15) is 0 Å². The first-order valence-electron chi connectivity index (χ1n) is 5.96. The summed E-state index contributed by atoms with van der Waals surface area (Å²) in [5.41, 5.74) is 2.48. The summed E-state index contributed by atoms with van der Waals surface area (Å²) in [6.07, 6.45) is 6.82. The fraction of sp³-hybridized carbons (Fsp3) is 0.133. The molecule has 0 fully saturated rings. The number of hydrogen-bond donors (Lipinski definition) is 0. The second-order valence-electron chi connectivity index (χ2n) is 4.32. The quantitative estimate of drug-likeness (QED) is 0.694. The van der Waals surface area contributed by atoms with Crippen LogP contribution in [-0.4, -0.2) is 9.55 Å². The van der Waals surface area contributed by atoms with Crippen LogP contribution in [0, 0.1) is 0 Å². The molecule has 0 saturated heterocycles. The Labute approximate surface area is 111 Å². The fourth-order valence-corrected chi connectivity index (χ4v) is 2.34. The molecule has 0 radical (unpaired) electrons. The van der Waals surface area contributed by atoms with E-state index in [2.05, 4.69) is 33.9 Å². The zero-order valence-corrected chi connectivity index (χ0v) is 10.6. The fourth-order valence-electron chi connectivity index (χ4n) is 2.16. The molecule has 0 bridgehead atoms. The summed E-state index contributed by atoms with van der Waals surface area (Å²) in [5.74, 6) is 0. The van der Waals surface area contributed by atoms with Crippen molar-refractivity contribution in [3.8, 4) is 0 Å². The standard InChI is InChI=1S/C15H13ClN2/c16-14-3-4-15-13(10-14)6-9-18(15)8-5-12-2-1-7-17-11-12/h1-4,6-7,9-11H,5,8H2. The lowest BCUT2D eigenvalue weighted by Gasteiger charge is -2.05. The lowest BCUT2D eigenvalue weighted by atomic mass is 10.2. The molecule has 0 amide bonds. The van der Waals surface area contributed by atoms with Gasteiger partial charge in [0.2, 0.25) is 0 Å². The first-order valence-corrected chi connectivity index (χ1v) is 6.34. The minimum absolute atomic E-state index is 0.785. The van der Waals surface area contributed by atoms with Crippen molar-refractivity contribution in [3.05, 3.63) is 65.6 Å². The van der Waals surface area contributed by atoms with E-state index in [9.17, 15) is 0 Å². The van der Waals surface area contributed by atoms with E-state index in [0.29, 0.717) is 0 Å². The highest BCUT2D eigenvalue weighted by molar-refractivity contribution is 6.31. The van der Waals surface area contributed by atoms with Crippen LogP contribution in [0.3, 0.4) is 0 Å². The van der Waals surface area contributed by atoms with E-state index in [4.69, 9.17) is 11.6 Å². The first kappa shape index (κ1) is 11.3. The van der Waals surface area contributed by atoms with Gasteiger partial charge >= 0.3 is 0 Å². The Balaban J connectivity index is 1.83. The van der Waals surface area contributed by atoms with Crippen molar-refractivity contribution >= 4 is 22.5 Å². The van der Waals surface area contributed by atoms with Crippen LogP contribution in [0.2, 0.25) is 5.02 Å². The molecule has 0 saturated carbocycles. The van der Waals surface area contributed by atoms with E-state index < -0.39 is 0 Å². The van der Waals surface area contributed by atoms with Crippen LogP contribution >= 0.6 is 11.6 Å². The molecule has 0 N–H and O–H groups in total. The Morgan fingerprint density at radius 3 is 2.94 bits per heavy atom. The molecule has 0 spiro atoms. The Bertz CT molecular complexity index is 659. The van der Waals surface area contributed by atoms with Gasteiger partial charge in [0.05, 0.1) is 0 Å². The Hall–Kier alpha value is -1.80. The summed E-state index contributed by atoms with van der Waals surface area (Å²) in [5, 5.41) is 1.97. The lowest BCUT2D eigenvalue weighted by molar-refractivity contribution is 0.721. The number of aromatic nitrogens is 2. The van der Waals surface area contributed by atoms with E-state index in [1.54, 1.807) is 6.20 Å². The van der Waals surface area contributed by atoms with E-state index in [1.807, 2.05) is 24.4 Å². The maximum absolute atomic E-state index is 5.98. The molecular formula is C15H13ClN2. The largest absolute Gasteiger partial charge is 0.347 e. The highest BCUT2D eigenvalue weighted by Crippen LogP contribution is 2.20. The molecule has 2 aromatic heterocycles. The number of nitrogens with zero attached hydrogens (tertiary/aromatic N) is 2. The van der Waals surface area contributed by atoms with Gasteiger partial charge in [-0.3, -0.25) is 4.98 Å². The van der Waals surface area contributed by atoms with Gasteiger partial charge in [-0.25, -0.2) is 0 Å². The van der Waals surface area contributed by atoms with Crippen LogP contribution < -0.4 is 0 Å². The molecule has 0 unspecified atom stereocenters. The maximum atomic E-state index is 5.98. The van der Waals surface area contributed by atoms with Gasteiger partial charge < -0.3 is 4.57 Å². The van der Waals surface area contributed by atoms with E-state index in [0.717, 1.165) is 18.0 Å². The van der Waals surface area contributed by atoms with Crippen LogP contribution in [0.15, 0.2) is 55.0 Å². The van der Waals surface area contributed by atoms with Crippen molar-refractivity contribution in [2.75, 3.05) is 0 Å². The Morgan fingerprint density at radius 1 is 1.17 bits per heavy atom. The van der Waals surface area contributed by atoms with Gasteiger partial charge in [-0.1, -0.05) is 17.7 Å². The van der Waals surface area contributed by atoms with Crippen molar-refractivity contribution in [1.82, 2.24) is 9.55 Å². The molecule has 2 nitrogen and oxygen atoms in total. The molecule has 2 heterocycles. The predicted molar refractivity (Wildman–Crippen MR) is 74.9 cm³/mol. The van der Waals surface area contributed by atoms with E-state index in [-0.39, 0.29) is 0 Å². The smallest absolute Gasteiger partial charge is 0.0481 e. The molecule has 0 aliphatic heterocycles. The normalized spacial score (nSPS) is 10.9. The van der Waals surface area contributed by atoms with Gasteiger partial charge in [-0.05, 0) is 42.3 Å². The average Bonchev–Trinajstić information content (AvgIpc) is 2.80. The summed E-state index contributed by atoms with van der Waals surface area (Å²) < 4.78 is 2.25. The van der Waals surface area contributed by atoms with Gasteiger partial charge in [-0.15, -0.1) is 0 Å². The molecule has 0 aliphatic rings. The number of aryl methyl sites for hydroxylation is 2. The minimum Gasteiger partial charge on any atom is -0.347 e.